The van der Waals surface area contributed by atoms with Gasteiger partial charge in [0.2, 0.25) is 0 Å². The molecule has 0 bridgehead atoms. The van der Waals surface area contributed by atoms with Gasteiger partial charge in [-0.3, -0.25) is 0 Å². The Morgan fingerprint density at radius 3 is 2.67 bits per heavy atom. The van der Waals surface area contributed by atoms with E-state index in [1.54, 1.807) is 13.0 Å². The summed E-state index contributed by atoms with van der Waals surface area (Å²) < 4.78 is 0. The van der Waals surface area contributed by atoms with Crippen molar-refractivity contribution in [3.05, 3.63) is 34.3 Å². The molecule has 0 heterocycles. The summed E-state index contributed by atoms with van der Waals surface area (Å²) in [4.78, 5) is 0. The minimum atomic E-state index is 0.567. The van der Waals surface area contributed by atoms with Crippen LogP contribution in [0.2, 0.25) is 5.02 Å². The monoisotopic (exact) mass is 183 g/mol. The second-order valence-electron chi connectivity index (χ2n) is 2.65. The predicted molar refractivity (Wildman–Crippen MR) is 50.2 cm³/mol. The van der Waals surface area contributed by atoms with E-state index in [0.29, 0.717) is 10.7 Å². The van der Waals surface area contributed by atoms with Gasteiger partial charge in [0, 0.05) is 10.6 Å². The summed E-state index contributed by atoms with van der Waals surface area (Å²) in [5.41, 5.74) is 2.43. The highest BCUT2D eigenvalue weighted by atomic mass is 35.5. The molecule has 0 aromatic heterocycles. The van der Waals surface area contributed by atoms with Crippen molar-refractivity contribution in [2.24, 2.45) is 5.16 Å². The highest BCUT2D eigenvalue weighted by molar-refractivity contribution is 6.31. The van der Waals surface area contributed by atoms with Crippen molar-refractivity contribution in [2.45, 2.75) is 13.8 Å². The first kappa shape index (κ1) is 9.07. The molecule has 0 aliphatic heterocycles. The van der Waals surface area contributed by atoms with Crippen LogP contribution in [0.5, 0.6) is 0 Å². The molecule has 1 rings (SSSR count). The average molecular weight is 184 g/mol. The number of nitrogens with zero attached hydrogens (tertiary/aromatic N) is 1. The number of hydrogen-bond acceptors (Lipinski definition) is 2. The molecule has 12 heavy (non-hydrogen) atoms. The van der Waals surface area contributed by atoms with Crippen LogP contribution < -0.4 is 0 Å². The number of rotatable bonds is 1. The highest BCUT2D eigenvalue weighted by Crippen LogP contribution is 2.16. The maximum absolute atomic E-state index is 8.49. The van der Waals surface area contributed by atoms with Gasteiger partial charge in [0.25, 0.3) is 0 Å². The SMILES string of the molecule is C/C(=N/O)c1ccc(C)c(Cl)c1. The zero-order chi connectivity index (χ0) is 9.14. The molecule has 0 saturated carbocycles. The van der Waals surface area contributed by atoms with Gasteiger partial charge < -0.3 is 5.21 Å². The third kappa shape index (κ3) is 1.77. The molecule has 0 radical (unpaired) electrons. The van der Waals surface area contributed by atoms with E-state index >= 15 is 0 Å². The van der Waals surface area contributed by atoms with E-state index in [4.69, 9.17) is 16.8 Å². The lowest BCUT2D eigenvalue weighted by atomic mass is 10.1. The topological polar surface area (TPSA) is 32.6 Å². The number of hydrogen-bond donors (Lipinski definition) is 1. The van der Waals surface area contributed by atoms with Crippen molar-refractivity contribution >= 4 is 17.3 Å². The molecule has 0 amide bonds. The van der Waals surface area contributed by atoms with Crippen molar-refractivity contribution in [2.75, 3.05) is 0 Å². The molecular formula is C9H10ClNO. The Morgan fingerprint density at radius 2 is 2.17 bits per heavy atom. The fourth-order valence-corrected chi connectivity index (χ4v) is 1.06. The van der Waals surface area contributed by atoms with Crippen LogP contribution in [-0.4, -0.2) is 10.9 Å². The molecule has 0 aliphatic rings. The first-order valence-corrected chi connectivity index (χ1v) is 3.98. The van der Waals surface area contributed by atoms with Gasteiger partial charge in [-0.25, -0.2) is 0 Å². The van der Waals surface area contributed by atoms with E-state index in [-0.39, 0.29) is 0 Å². The normalized spacial score (nSPS) is 11.8. The maximum atomic E-state index is 8.49. The van der Waals surface area contributed by atoms with Crippen molar-refractivity contribution in [3.63, 3.8) is 0 Å². The van der Waals surface area contributed by atoms with Crippen LogP contribution in [0.1, 0.15) is 18.1 Å². The molecule has 0 spiro atoms. The smallest absolute Gasteiger partial charge is 0.0837 e. The molecule has 0 aliphatic carbocycles. The Morgan fingerprint density at radius 1 is 1.50 bits per heavy atom. The van der Waals surface area contributed by atoms with E-state index in [1.165, 1.54) is 0 Å². The summed E-state index contributed by atoms with van der Waals surface area (Å²) in [5, 5.41) is 12.3. The van der Waals surface area contributed by atoms with Crippen LogP contribution >= 0.6 is 11.6 Å². The summed E-state index contributed by atoms with van der Waals surface area (Å²) in [7, 11) is 0. The van der Waals surface area contributed by atoms with Crippen molar-refractivity contribution in [3.8, 4) is 0 Å². The van der Waals surface area contributed by atoms with Gasteiger partial charge >= 0.3 is 0 Å². The summed E-state index contributed by atoms with van der Waals surface area (Å²) in [6.45, 7) is 3.65. The lowest BCUT2D eigenvalue weighted by Gasteiger charge is -2.01. The Kier molecular flexibility index (Phi) is 2.71. The van der Waals surface area contributed by atoms with Crippen LogP contribution in [-0.2, 0) is 0 Å². The first-order chi connectivity index (χ1) is 5.65. The number of halogens is 1. The average Bonchev–Trinajstić information content (AvgIpc) is 2.08. The Hall–Kier alpha value is -1.02. The van der Waals surface area contributed by atoms with Crippen molar-refractivity contribution in [1.82, 2.24) is 0 Å². The second kappa shape index (κ2) is 3.59. The van der Waals surface area contributed by atoms with E-state index in [9.17, 15) is 0 Å². The van der Waals surface area contributed by atoms with Crippen LogP contribution in [0.4, 0.5) is 0 Å². The van der Waals surface area contributed by atoms with E-state index in [2.05, 4.69) is 5.16 Å². The summed E-state index contributed by atoms with van der Waals surface area (Å²) in [5.74, 6) is 0. The predicted octanol–water partition coefficient (Wildman–Crippen LogP) is 2.85. The molecule has 0 saturated heterocycles. The van der Waals surface area contributed by atoms with Gasteiger partial charge in [-0.1, -0.05) is 28.9 Å². The van der Waals surface area contributed by atoms with Gasteiger partial charge in [-0.15, -0.1) is 0 Å². The summed E-state index contributed by atoms with van der Waals surface area (Å²) in [6.07, 6.45) is 0. The van der Waals surface area contributed by atoms with E-state index < -0.39 is 0 Å². The largest absolute Gasteiger partial charge is 0.411 e. The minimum Gasteiger partial charge on any atom is -0.411 e. The first-order valence-electron chi connectivity index (χ1n) is 3.60. The molecule has 1 aromatic carbocycles. The van der Waals surface area contributed by atoms with Gasteiger partial charge in [0.05, 0.1) is 5.71 Å². The van der Waals surface area contributed by atoms with Gasteiger partial charge in [-0.05, 0) is 25.5 Å². The lowest BCUT2D eigenvalue weighted by Crippen LogP contribution is -1.94. The maximum Gasteiger partial charge on any atom is 0.0837 e. The fraction of sp³-hybridized carbons (Fsp3) is 0.222. The minimum absolute atomic E-state index is 0.567. The molecule has 1 aromatic rings. The number of aryl methyl sites for hydroxylation is 1. The molecular weight excluding hydrogens is 174 g/mol. The van der Waals surface area contributed by atoms with Gasteiger partial charge in [0.15, 0.2) is 0 Å². The molecule has 0 fully saturated rings. The van der Waals surface area contributed by atoms with Crippen molar-refractivity contribution < 1.29 is 5.21 Å². The fourth-order valence-electron chi connectivity index (χ4n) is 0.876. The molecule has 1 N–H and O–H groups in total. The zero-order valence-corrected chi connectivity index (χ0v) is 7.76. The van der Waals surface area contributed by atoms with Gasteiger partial charge in [-0.2, -0.15) is 0 Å². The molecule has 2 nitrogen and oxygen atoms in total. The van der Waals surface area contributed by atoms with Gasteiger partial charge in [0.1, 0.15) is 0 Å². The van der Waals surface area contributed by atoms with E-state index in [0.717, 1.165) is 11.1 Å². The van der Waals surface area contributed by atoms with Crippen molar-refractivity contribution in [1.29, 1.82) is 0 Å². The van der Waals surface area contributed by atoms with Crippen LogP contribution in [0, 0.1) is 6.92 Å². The Bertz CT molecular complexity index is 320. The lowest BCUT2D eigenvalue weighted by molar-refractivity contribution is 0.319. The highest BCUT2D eigenvalue weighted by Gasteiger charge is 2.00. The quantitative estimate of drug-likeness (QED) is 0.405. The molecule has 64 valence electrons. The third-order valence-corrected chi connectivity index (χ3v) is 2.15. The Labute approximate surface area is 76.5 Å². The van der Waals surface area contributed by atoms with E-state index in [1.807, 2.05) is 19.1 Å². The summed E-state index contributed by atoms with van der Waals surface area (Å²) >= 11 is 5.88. The number of benzene rings is 1. The summed E-state index contributed by atoms with van der Waals surface area (Å²) in [6, 6.07) is 5.55. The van der Waals surface area contributed by atoms with Crippen LogP contribution in [0.3, 0.4) is 0 Å². The van der Waals surface area contributed by atoms with Crippen LogP contribution in [0.15, 0.2) is 23.4 Å². The second-order valence-corrected chi connectivity index (χ2v) is 3.06. The standard InChI is InChI=1S/C9H10ClNO/c1-6-3-4-8(5-9(6)10)7(2)11-12/h3-5,12H,1-2H3/b11-7-. The molecule has 0 atom stereocenters. The Balaban J connectivity index is 3.13. The molecule has 0 unspecified atom stereocenters. The molecule has 3 heteroatoms. The zero-order valence-electron chi connectivity index (χ0n) is 7.00. The number of oxime groups is 1. The third-order valence-electron chi connectivity index (χ3n) is 1.74. The van der Waals surface area contributed by atoms with Crippen LogP contribution in [0.25, 0.3) is 0 Å².